The van der Waals surface area contributed by atoms with Crippen LogP contribution in [0.3, 0.4) is 0 Å². The molecule has 1 saturated heterocycles. The van der Waals surface area contributed by atoms with E-state index < -0.39 is 12.0 Å². The molecule has 0 bridgehead atoms. The molecule has 12 heteroatoms. The normalized spacial score (nSPS) is 17.9. The molecule has 1 aliphatic heterocycles. The van der Waals surface area contributed by atoms with E-state index in [1.54, 1.807) is 18.7 Å². The zero-order chi connectivity index (χ0) is 22.3. The number of carbonyl (C=O) groups excluding carboxylic acids is 2. The Hall–Kier alpha value is -2.76. The predicted molar refractivity (Wildman–Crippen MR) is 103 cm³/mol. The number of piperazine rings is 1. The monoisotopic (exact) mass is 439 g/mol. The third kappa shape index (κ3) is 4.78. The van der Waals surface area contributed by atoms with Crippen molar-refractivity contribution in [2.45, 2.75) is 45.3 Å². The number of aromatic nitrogens is 4. The Balaban J connectivity index is 1.39. The lowest BCUT2D eigenvalue weighted by Gasteiger charge is -2.34. The van der Waals surface area contributed by atoms with Crippen molar-refractivity contribution in [2.24, 2.45) is 0 Å². The van der Waals surface area contributed by atoms with Crippen molar-refractivity contribution in [1.29, 1.82) is 0 Å². The number of alkyl halides is 3. The lowest BCUT2D eigenvalue weighted by molar-refractivity contribution is -0.144. The van der Waals surface area contributed by atoms with Crippen LogP contribution in [0.5, 0.6) is 0 Å². The number of nitrogens with one attached hydrogen (secondary N) is 1. The van der Waals surface area contributed by atoms with E-state index in [0.29, 0.717) is 55.7 Å². The zero-order valence-corrected chi connectivity index (χ0v) is 17.4. The summed E-state index contributed by atoms with van der Waals surface area (Å²) in [5, 5.41) is 6.47. The van der Waals surface area contributed by atoms with E-state index in [0.717, 1.165) is 17.4 Å². The van der Waals surface area contributed by atoms with Gasteiger partial charge in [0, 0.05) is 49.2 Å². The number of carbonyl (C=O) groups is 2. The van der Waals surface area contributed by atoms with Crippen LogP contribution in [0, 0.1) is 13.8 Å². The van der Waals surface area contributed by atoms with E-state index in [-0.39, 0.29) is 24.0 Å². The number of hydrogen-bond acceptors (Lipinski definition) is 6. The van der Waals surface area contributed by atoms with Crippen molar-refractivity contribution in [2.75, 3.05) is 32.7 Å². The van der Waals surface area contributed by atoms with E-state index >= 15 is 0 Å². The summed E-state index contributed by atoms with van der Waals surface area (Å²) in [4.78, 5) is 36.1. The minimum absolute atomic E-state index is 0.0129. The molecule has 31 heavy (non-hydrogen) atoms. The van der Waals surface area contributed by atoms with E-state index in [1.165, 1.54) is 0 Å². The van der Waals surface area contributed by atoms with Crippen LogP contribution in [0.15, 0.2) is 0 Å². The molecule has 4 rings (SSSR count). The van der Waals surface area contributed by atoms with Crippen molar-refractivity contribution >= 4 is 17.6 Å². The van der Waals surface area contributed by atoms with Gasteiger partial charge in [-0.2, -0.15) is 18.2 Å². The fourth-order valence-corrected chi connectivity index (χ4v) is 3.71. The minimum Gasteiger partial charge on any atom is -0.352 e. The standard InChI is InChI=1S/C19H24F3N7O2/c1-11-14(12(2)29-18(23-11)25-17(26-29)19(20,21)22)9-16(31)28-7-5-27(6-8-28)10-15(30)24-13-3-4-13/h13H,3-10H2,1-2H3,(H,24,30). The van der Waals surface area contributed by atoms with Gasteiger partial charge in [-0.15, -0.1) is 5.10 Å². The lowest BCUT2D eigenvalue weighted by atomic mass is 10.1. The van der Waals surface area contributed by atoms with Crippen LogP contribution >= 0.6 is 0 Å². The fraction of sp³-hybridized carbons (Fsp3) is 0.632. The molecule has 2 fully saturated rings. The number of nitrogens with zero attached hydrogens (tertiary/aromatic N) is 6. The third-order valence-electron chi connectivity index (χ3n) is 5.67. The second kappa shape index (κ2) is 8.06. The van der Waals surface area contributed by atoms with Crippen LogP contribution in [0.1, 0.15) is 35.6 Å². The van der Waals surface area contributed by atoms with Gasteiger partial charge < -0.3 is 10.2 Å². The summed E-state index contributed by atoms with van der Waals surface area (Å²) >= 11 is 0. The molecule has 2 amide bonds. The summed E-state index contributed by atoms with van der Waals surface area (Å²) in [7, 11) is 0. The average molecular weight is 439 g/mol. The highest BCUT2D eigenvalue weighted by atomic mass is 19.4. The van der Waals surface area contributed by atoms with Gasteiger partial charge in [0.05, 0.1) is 13.0 Å². The molecule has 1 saturated carbocycles. The molecule has 0 radical (unpaired) electrons. The van der Waals surface area contributed by atoms with Crippen molar-refractivity contribution in [3.8, 4) is 0 Å². The second-order valence-corrected chi connectivity index (χ2v) is 8.08. The molecule has 0 atom stereocenters. The Morgan fingerprint density at radius 1 is 1.10 bits per heavy atom. The van der Waals surface area contributed by atoms with Crippen LogP contribution < -0.4 is 5.32 Å². The first-order valence-electron chi connectivity index (χ1n) is 10.2. The van der Waals surface area contributed by atoms with E-state index in [2.05, 4.69) is 20.4 Å². The smallest absolute Gasteiger partial charge is 0.352 e. The first-order valence-corrected chi connectivity index (χ1v) is 10.2. The molecule has 0 spiro atoms. The van der Waals surface area contributed by atoms with Crippen LogP contribution in [0.25, 0.3) is 5.78 Å². The largest absolute Gasteiger partial charge is 0.453 e. The van der Waals surface area contributed by atoms with Gasteiger partial charge in [0.15, 0.2) is 0 Å². The highest BCUT2D eigenvalue weighted by Crippen LogP contribution is 2.27. The molecule has 2 aromatic heterocycles. The number of amides is 2. The highest BCUT2D eigenvalue weighted by molar-refractivity contribution is 5.80. The Kier molecular flexibility index (Phi) is 5.58. The Labute approximate surface area is 176 Å². The first-order chi connectivity index (χ1) is 14.6. The number of halogens is 3. The third-order valence-corrected chi connectivity index (χ3v) is 5.67. The fourth-order valence-electron chi connectivity index (χ4n) is 3.71. The summed E-state index contributed by atoms with van der Waals surface area (Å²) in [6.07, 6.45) is -2.57. The van der Waals surface area contributed by atoms with Gasteiger partial charge in [-0.1, -0.05) is 0 Å². The van der Waals surface area contributed by atoms with E-state index in [4.69, 9.17) is 0 Å². The number of hydrogen-bond donors (Lipinski definition) is 1. The zero-order valence-electron chi connectivity index (χ0n) is 17.4. The van der Waals surface area contributed by atoms with Gasteiger partial charge in [0.1, 0.15) is 0 Å². The molecular formula is C19H24F3N7O2. The van der Waals surface area contributed by atoms with Gasteiger partial charge in [-0.3, -0.25) is 14.5 Å². The molecule has 1 N–H and O–H groups in total. The van der Waals surface area contributed by atoms with Crippen molar-refractivity contribution in [3.63, 3.8) is 0 Å². The highest BCUT2D eigenvalue weighted by Gasteiger charge is 2.37. The molecule has 1 aliphatic carbocycles. The Morgan fingerprint density at radius 3 is 2.39 bits per heavy atom. The number of aryl methyl sites for hydroxylation is 2. The van der Waals surface area contributed by atoms with Crippen molar-refractivity contribution in [3.05, 3.63) is 22.8 Å². The Morgan fingerprint density at radius 2 is 1.77 bits per heavy atom. The Bertz CT molecular complexity index is 1010. The molecule has 9 nitrogen and oxygen atoms in total. The number of fused-ring (bicyclic) bond motifs is 1. The average Bonchev–Trinajstić information content (AvgIpc) is 3.39. The molecule has 0 unspecified atom stereocenters. The molecule has 0 aromatic carbocycles. The molecule has 3 heterocycles. The first kappa shape index (κ1) is 21.5. The van der Waals surface area contributed by atoms with Gasteiger partial charge in [0.25, 0.3) is 11.6 Å². The maximum absolute atomic E-state index is 12.9. The van der Waals surface area contributed by atoms with Crippen LogP contribution in [-0.2, 0) is 22.2 Å². The molecule has 2 aliphatic rings. The van der Waals surface area contributed by atoms with Crippen molar-refractivity contribution in [1.82, 2.24) is 34.7 Å². The van der Waals surface area contributed by atoms with Gasteiger partial charge in [-0.05, 0) is 26.7 Å². The molecular weight excluding hydrogens is 415 g/mol. The van der Waals surface area contributed by atoms with E-state index in [9.17, 15) is 22.8 Å². The summed E-state index contributed by atoms with van der Waals surface area (Å²) in [6.45, 7) is 5.75. The van der Waals surface area contributed by atoms with Crippen LogP contribution in [0.4, 0.5) is 13.2 Å². The van der Waals surface area contributed by atoms with Crippen LogP contribution in [0.2, 0.25) is 0 Å². The topological polar surface area (TPSA) is 95.7 Å². The molecule has 2 aromatic rings. The summed E-state index contributed by atoms with van der Waals surface area (Å²) in [5.74, 6) is -1.52. The molecule has 168 valence electrons. The quantitative estimate of drug-likeness (QED) is 0.738. The minimum atomic E-state index is -4.67. The van der Waals surface area contributed by atoms with Gasteiger partial charge >= 0.3 is 6.18 Å². The lowest BCUT2D eigenvalue weighted by Crippen LogP contribution is -2.51. The maximum atomic E-state index is 12.9. The summed E-state index contributed by atoms with van der Waals surface area (Å²) in [5.41, 5.74) is 1.41. The summed E-state index contributed by atoms with van der Waals surface area (Å²) in [6, 6.07) is 0.324. The van der Waals surface area contributed by atoms with Crippen LogP contribution in [-0.4, -0.2) is 80.0 Å². The summed E-state index contributed by atoms with van der Waals surface area (Å²) < 4.78 is 39.8. The van der Waals surface area contributed by atoms with Gasteiger partial charge in [-0.25, -0.2) is 9.50 Å². The van der Waals surface area contributed by atoms with E-state index in [1.807, 2.05) is 4.90 Å². The maximum Gasteiger partial charge on any atom is 0.453 e. The van der Waals surface area contributed by atoms with Crippen molar-refractivity contribution < 1.29 is 22.8 Å². The predicted octanol–water partition coefficient (Wildman–Crippen LogP) is 0.725. The SMILES string of the molecule is Cc1nc2nc(C(F)(F)F)nn2c(C)c1CC(=O)N1CCN(CC(=O)NC2CC2)CC1. The second-order valence-electron chi connectivity index (χ2n) is 8.08. The number of rotatable bonds is 5. The van der Waals surface area contributed by atoms with Gasteiger partial charge in [0.2, 0.25) is 11.8 Å².